The number of methoxy groups -OCH3 is 2. The van der Waals surface area contributed by atoms with Gasteiger partial charge < -0.3 is 18.9 Å². The molecule has 0 saturated heterocycles. The molecule has 0 aliphatic carbocycles. The molecule has 0 amide bonds. The molecule has 31 heavy (non-hydrogen) atoms. The molecule has 0 heterocycles. The molecule has 0 aliphatic rings. The summed E-state index contributed by atoms with van der Waals surface area (Å²) in [5, 5.41) is 0. The number of Topliss-reactive ketones (excluding diaryl/α,β-unsaturated/α-hetero) is 1. The second-order valence-corrected chi connectivity index (χ2v) is 7.37. The number of ether oxygens (including phenoxy) is 4. The van der Waals surface area contributed by atoms with Gasteiger partial charge in [0, 0.05) is 25.3 Å². The minimum Gasteiger partial charge on any atom is -0.493 e. The van der Waals surface area contributed by atoms with E-state index in [-0.39, 0.29) is 23.4 Å². The summed E-state index contributed by atoms with van der Waals surface area (Å²) in [4.78, 5) is 35.5. The summed E-state index contributed by atoms with van der Waals surface area (Å²) in [5.74, 6) is 0.241. The van der Waals surface area contributed by atoms with Crippen LogP contribution in [0.3, 0.4) is 0 Å². The lowest BCUT2D eigenvalue weighted by atomic mass is 9.84. The van der Waals surface area contributed by atoms with Gasteiger partial charge in [0.2, 0.25) is 0 Å². The number of benzene rings is 2. The van der Waals surface area contributed by atoms with Crippen molar-refractivity contribution in [2.45, 2.75) is 34.1 Å². The molecule has 0 bridgehead atoms. The van der Waals surface area contributed by atoms with E-state index < -0.39 is 11.9 Å². The van der Waals surface area contributed by atoms with Gasteiger partial charge in [-0.05, 0) is 48.2 Å². The van der Waals surface area contributed by atoms with E-state index in [4.69, 9.17) is 18.9 Å². The van der Waals surface area contributed by atoms with E-state index in [0.29, 0.717) is 29.2 Å². The van der Waals surface area contributed by atoms with Gasteiger partial charge in [-0.1, -0.05) is 19.9 Å². The molecule has 2 aromatic rings. The topological polar surface area (TPSA) is 88.1 Å². The van der Waals surface area contributed by atoms with E-state index in [0.717, 1.165) is 5.56 Å². The first kappa shape index (κ1) is 23.9. The quantitative estimate of drug-likeness (QED) is 0.335. The molecule has 7 heteroatoms. The summed E-state index contributed by atoms with van der Waals surface area (Å²) in [6, 6.07) is 10.1. The maximum Gasteiger partial charge on any atom is 0.308 e. The van der Waals surface area contributed by atoms with Gasteiger partial charge in [-0.15, -0.1) is 0 Å². The zero-order valence-corrected chi connectivity index (χ0v) is 18.7. The van der Waals surface area contributed by atoms with Crippen LogP contribution in [-0.4, -0.2) is 31.9 Å². The average molecular weight is 428 g/mol. The highest BCUT2D eigenvalue weighted by Gasteiger charge is 2.24. The van der Waals surface area contributed by atoms with Crippen LogP contribution < -0.4 is 18.9 Å². The number of hydrogen-bond acceptors (Lipinski definition) is 7. The first-order chi connectivity index (χ1) is 14.7. The van der Waals surface area contributed by atoms with E-state index in [9.17, 15) is 14.4 Å². The number of ketones is 1. The van der Waals surface area contributed by atoms with Crippen molar-refractivity contribution in [1.29, 1.82) is 0 Å². The molecule has 0 aliphatic heterocycles. The lowest BCUT2D eigenvalue weighted by molar-refractivity contribution is -0.132. The van der Waals surface area contributed by atoms with Crippen molar-refractivity contribution in [3.8, 4) is 23.0 Å². The number of carbonyl (C=O) groups is 3. The van der Waals surface area contributed by atoms with Crippen LogP contribution in [0.2, 0.25) is 0 Å². The lowest BCUT2D eigenvalue weighted by Crippen LogP contribution is -2.21. The minimum atomic E-state index is -0.463. The second-order valence-electron chi connectivity index (χ2n) is 7.37. The predicted molar refractivity (Wildman–Crippen MR) is 115 cm³/mol. The van der Waals surface area contributed by atoms with Crippen LogP contribution in [-0.2, 0) is 16.0 Å². The summed E-state index contributed by atoms with van der Waals surface area (Å²) in [5.41, 5.74) is 1.44. The highest BCUT2D eigenvalue weighted by atomic mass is 16.6. The fourth-order valence-electron chi connectivity index (χ4n) is 3.21. The van der Waals surface area contributed by atoms with Crippen molar-refractivity contribution in [1.82, 2.24) is 0 Å². The second kappa shape index (κ2) is 10.6. The van der Waals surface area contributed by atoms with Gasteiger partial charge in [0.1, 0.15) is 0 Å². The summed E-state index contributed by atoms with van der Waals surface area (Å²) in [6.45, 7) is 6.51. The molecular weight excluding hydrogens is 400 g/mol. The summed E-state index contributed by atoms with van der Waals surface area (Å²) < 4.78 is 20.8. The van der Waals surface area contributed by atoms with E-state index in [1.807, 2.05) is 26.0 Å². The van der Waals surface area contributed by atoms with Crippen LogP contribution in [0.25, 0.3) is 0 Å². The van der Waals surface area contributed by atoms with Crippen LogP contribution in [0.1, 0.15) is 43.6 Å². The van der Waals surface area contributed by atoms with Crippen molar-refractivity contribution < 1.29 is 33.3 Å². The maximum atomic E-state index is 13.0. The molecule has 0 saturated carbocycles. The summed E-state index contributed by atoms with van der Waals surface area (Å²) in [7, 11) is 2.96. The first-order valence-corrected chi connectivity index (χ1v) is 9.92. The fourth-order valence-corrected chi connectivity index (χ4v) is 3.21. The zero-order chi connectivity index (χ0) is 23.1. The van der Waals surface area contributed by atoms with Crippen molar-refractivity contribution in [3.63, 3.8) is 0 Å². The smallest absolute Gasteiger partial charge is 0.308 e. The predicted octanol–water partition coefficient (Wildman–Crippen LogP) is 4.25. The monoisotopic (exact) mass is 428 g/mol. The van der Waals surface area contributed by atoms with Crippen LogP contribution in [0.4, 0.5) is 0 Å². The molecule has 2 rings (SSSR count). The normalized spacial score (nSPS) is 12.5. The fraction of sp³-hybridized carbons (Fsp3) is 0.375. The molecule has 0 unspecified atom stereocenters. The Kier molecular flexibility index (Phi) is 8.19. The van der Waals surface area contributed by atoms with Gasteiger partial charge in [0.15, 0.2) is 28.8 Å². The zero-order valence-electron chi connectivity index (χ0n) is 18.7. The molecule has 7 nitrogen and oxygen atoms in total. The molecule has 0 fully saturated rings. The van der Waals surface area contributed by atoms with Gasteiger partial charge in [0.05, 0.1) is 14.2 Å². The van der Waals surface area contributed by atoms with Crippen LogP contribution in [0.15, 0.2) is 36.4 Å². The maximum absolute atomic E-state index is 13.0. The Labute approximate surface area is 182 Å². The number of esters is 2. The number of carbonyl (C=O) groups excluding carboxylic acids is 3. The third-order valence-corrected chi connectivity index (χ3v) is 5.01. The first-order valence-electron chi connectivity index (χ1n) is 9.92. The van der Waals surface area contributed by atoms with Gasteiger partial charge >= 0.3 is 11.9 Å². The Balaban J connectivity index is 2.15. The van der Waals surface area contributed by atoms with Crippen LogP contribution >= 0.6 is 0 Å². The molecule has 0 radical (unpaired) electrons. The molecule has 0 aromatic heterocycles. The van der Waals surface area contributed by atoms with Crippen LogP contribution in [0, 0.1) is 11.8 Å². The Hall–Kier alpha value is -3.35. The van der Waals surface area contributed by atoms with Crippen molar-refractivity contribution in [3.05, 3.63) is 47.5 Å². The number of rotatable bonds is 9. The highest BCUT2D eigenvalue weighted by Crippen LogP contribution is 2.32. The Morgan fingerprint density at radius 2 is 1.29 bits per heavy atom. The summed E-state index contributed by atoms with van der Waals surface area (Å²) >= 11 is 0. The molecule has 166 valence electrons. The van der Waals surface area contributed by atoms with Crippen LogP contribution in [0.5, 0.6) is 23.0 Å². The standard InChI is InChI=1S/C24H28O7/c1-14(11-18-7-9-20(30-16(3)25)22(12-18)28-5)15(2)24(27)19-8-10-21(31-17(4)26)23(13-19)29-6/h7-10,12-15H,11H2,1-6H3/t14-,15+/m0/s1. The Bertz CT molecular complexity index is 964. The third kappa shape index (κ3) is 6.31. The van der Waals surface area contributed by atoms with E-state index in [1.54, 1.807) is 24.3 Å². The van der Waals surface area contributed by atoms with E-state index in [2.05, 4.69) is 0 Å². The van der Waals surface area contributed by atoms with E-state index >= 15 is 0 Å². The number of hydrogen-bond donors (Lipinski definition) is 0. The molecule has 0 N–H and O–H groups in total. The van der Waals surface area contributed by atoms with Gasteiger partial charge in [-0.25, -0.2) is 0 Å². The third-order valence-electron chi connectivity index (χ3n) is 5.01. The van der Waals surface area contributed by atoms with Gasteiger partial charge in [-0.2, -0.15) is 0 Å². The lowest BCUT2D eigenvalue weighted by Gasteiger charge is -2.20. The highest BCUT2D eigenvalue weighted by molar-refractivity contribution is 5.98. The summed E-state index contributed by atoms with van der Waals surface area (Å²) in [6.07, 6.45) is 0.631. The Morgan fingerprint density at radius 1 is 0.774 bits per heavy atom. The SMILES string of the molecule is COc1cc(C[C@H](C)[C@@H](C)C(=O)c2ccc(OC(C)=O)c(OC)c2)ccc1OC(C)=O. The van der Waals surface area contributed by atoms with Crippen molar-refractivity contribution >= 4 is 17.7 Å². The largest absolute Gasteiger partial charge is 0.493 e. The molecule has 2 aromatic carbocycles. The van der Waals surface area contributed by atoms with Crippen molar-refractivity contribution in [2.75, 3.05) is 14.2 Å². The Morgan fingerprint density at radius 3 is 1.81 bits per heavy atom. The van der Waals surface area contributed by atoms with Gasteiger partial charge in [-0.3, -0.25) is 14.4 Å². The average Bonchev–Trinajstić information content (AvgIpc) is 2.73. The molecular formula is C24H28O7. The van der Waals surface area contributed by atoms with Gasteiger partial charge in [0.25, 0.3) is 0 Å². The minimum absolute atomic E-state index is 0.0240. The molecule has 0 spiro atoms. The molecule has 2 atom stereocenters. The van der Waals surface area contributed by atoms with E-state index in [1.165, 1.54) is 28.1 Å². The van der Waals surface area contributed by atoms with Crippen molar-refractivity contribution in [2.24, 2.45) is 11.8 Å².